The second-order valence-electron chi connectivity index (χ2n) is 4.83. The molecule has 19 heavy (non-hydrogen) atoms. The molecule has 1 saturated heterocycles. The molecule has 6 heteroatoms. The summed E-state index contributed by atoms with van der Waals surface area (Å²) in [6.45, 7) is 4.07. The molecular weight excluding hydrogens is 240 g/mol. The molecule has 0 aromatic carbocycles. The number of nitrogens with two attached hydrogens (primary N) is 1. The summed E-state index contributed by atoms with van der Waals surface area (Å²) in [4.78, 5) is 13.0. The molecule has 2 aromatic rings. The lowest BCUT2D eigenvalue weighted by Crippen LogP contribution is -2.23. The number of aromatic nitrogens is 3. The highest BCUT2D eigenvalue weighted by Gasteiger charge is 2.17. The molecule has 1 fully saturated rings. The van der Waals surface area contributed by atoms with E-state index in [2.05, 4.69) is 32.5 Å². The Bertz CT molecular complexity index is 591. The van der Waals surface area contributed by atoms with Gasteiger partial charge in [0.05, 0.1) is 5.52 Å². The maximum Gasteiger partial charge on any atom is 0.222 e. The quantitative estimate of drug-likeness (QED) is 0.759. The van der Waals surface area contributed by atoms with Crippen LogP contribution in [0.15, 0.2) is 12.3 Å². The molecule has 1 atom stereocenters. The maximum absolute atomic E-state index is 5.78. The Labute approximate surface area is 111 Å². The SMILES string of the molecule is CCc1cnc2c(N[C@@H]3CCNC3)nc(N)nc2c1. The van der Waals surface area contributed by atoms with Crippen molar-refractivity contribution in [3.05, 3.63) is 17.8 Å². The summed E-state index contributed by atoms with van der Waals surface area (Å²) in [5.74, 6) is 1.02. The number of nitrogens with one attached hydrogen (secondary N) is 2. The van der Waals surface area contributed by atoms with Crippen LogP contribution in [-0.4, -0.2) is 34.1 Å². The van der Waals surface area contributed by atoms with Gasteiger partial charge in [0.15, 0.2) is 5.82 Å². The van der Waals surface area contributed by atoms with E-state index in [4.69, 9.17) is 5.73 Å². The average Bonchev–Trinajstić information content (AvgIpc) is 2.90. The number of rotatable bonds is 3. The largest absolute Gasteiger partial charge is 0.368 e. The summed E-state index contributed by atoms with van der Waals surface area (Å²) in [5, 5.41) is 6.72. The molecule has 2 aromatic heterocycles. The first-order chi connectivity index (χ1) is 9.26. The van der Waals surface area contributed by atoms with Gasteiger partial charge in [0.2, 0.25) is 5.95 Å². The topological polar surface area (TPSA) is 88.8 Å². The predicted octanol–water partition coefficient (Wildman–Crippen LogP) is 0.943. The number of pyridine rings is 1. The third kappa shape index (κ3) is 2.44. The van der Waals surface area contributed by atoms with Gasteiger partial charge in [-0.15, -0.1) is 0 Å². The fourth-order valence-electron chi connectivity index (χ4n) is 2.34. The number of aryl methyl sites for hydroxylation is 1. The first-order valence-electron chi connectivity index (χ1n) is 6.65. The number of hydrogen-bond acceptors (Lipinski definition) is 6. The highest BCUT2D eigenvalue weighted by atomic mass is 15.1. The zero-order valence-electron chi connectivity index (χ0n) is 11.0. The van der Waals surface area contributed by atoms with Gasteiger partial charge in [0.1, 0.15) is 5.52 Å². The van der Waals surface area contributed by atoms with Gasteiger partial charge in [-0.1, -0.05) is 6.92 Å². The third-order valence-electron chi connectivity index (χ3n) is 3.42. The van der Waals surface area contributed by atoms with Crippen LogP contribution in [0.25, 0.3) is 11.0 Å². The minimum Gasteiger partial charge on any atom is -0.368 e. The molecule has 0 saturated carbocycles. The van der Waals surface area contributed by atoms with E-state index in [1.54, 1.807) is 0 Å². The molecule has 1 aliphatic heterocycles. The van der Waals surface area contributed by atoms with Crippen molar-refractivity contribution < 1.29 is 0 Å². The minimum absolute atomic E-state index is 0.288. The van der Waals surface area contributed by atoms with E-state index in [1.807, 2.05) is 12.3 Å². The second-order valence-corrected chi connectivity index (χ2v) is 4.83. The Morgan fingerprint density at radius 3 is 3.11 bits per heavy atom. The Morgan fingerprint density at radius 2 is 2.37 bits per heavy atom. The first kappa shape index (κ1) is 12.1. The fourth-order valence-corrected chi connectivity index (χ4v) is 2.34. The Morgan fingerprint density at radius 1 is 1.47 bits per heavy atom. The van der Waals surface area contributed by atoms with Crippen molar-refractivity contribution in [3.8, 4) is 0 Å². The highest BCUT2D eigenvalue weighted by molar-refractivity contribution is 5.86. The van der Waals surface area contributed by atoms with Crippen LogP contribution in [0.4, 0.5) is 11.8 Å². The van der Waals surface area contributed by atoms with Crippen LogP contribution in [0, 0.1) is 0 Å². The van der Waals surface area contributed by atoms with Crippen molar-refractivity contribution in [2.45, 2.75) is 25.8 Å². The Balaban J connectivity index is 2.01. The molecule has 0 unspecified atom stereocenters. The van der Waals surface area contributed by atoms with Gasteiger partial charge < -0.3 is 16.4 Å². The van der Waals surface area contributed by atoms with Gasteiger partial charge in [0.25, 0.3) is 0 Å². The summed E-state index contributed by atoms with van der Waals surface area (Å²) in [7, 11) is 0. The van der Waals surface area contributed by atoms with Gasteiger partial charge in [-0.25, -0.2) is 4.98 Å². The Kier molecular flexibility index (Phi) is 3.16. The summed E-state index contributed by atoms with van der Waals surface area (Å²) in [6.07, 6.45) is 3.89. The van der Waals surface area contributed by atoms with E-state index in [0.29, 0.717) is 6.04 Å². The summed E-state index contributed by atoms with van der Waals surface area (Å²) < 4.78 is 0. The summed E-state index contributed by atoms with van der Waals surface area (Å²) >= 11 is 0. The number of hydrogen-bond donors (Lipinski definition) is 3. The van der Waals surface area contributed by atoms with Gasteiger partial charge >= 0.3 is 0 Å². The van der Waals surface area contributed by atoms with Crippen LogP contribution in [0.5, 0.6) is 0 Å². The molecule has 0 radical (unpaired) electrons. The molecule has 3 heterocycles. The van der Waals surface area contributed by atoms with Crippen LogP contribution in [-0.2, 0) is 6.42 Å². The molecular formula is C13H18N6. The zero-order valence-corrected chi connectivity index (χ0v) is 11.0. The van der Waals surface area contributed by atoms with Crippen LogP contribution in [0.1, 0.15) is 18.9 Å². The number of nitrogen functional groups attached to an aromatic ring is 1. The van der Waals surface area contributed by atoms with Crippen LogP contribution < -0.4 is 16.4 Å². The van der Waals surface area contributed by atoms with Gasteiger partial charge in [0, 0.05) is 18.8 Å². The van der Waals surface area contributed by atoms with Crippen molar-refractivity contribution in [1.82, 2.24) is 20.3 Å². The fraction of sp³-hybridized carbons (Fsp3) is 0.462. The molecule has 1 aliphatic rings. The van der Waals surface area contributed by atoms with E-state index in [1.165, 1.54) is 0 Å². The third-order valence-corrected chi connectivity index (χ3v) is 3.42. The van der Waals surface area contributed by atoms with Crippen molar-refractivity contribution in [1.29, 1.82) is 0 Å². The molecule has 100 valence electrons. The lowest BCUT2D eigenvalue weighted by Gasteiger charge is -2.14. The molecule has 4 N–H and O–H groups in total. The maximum atomic E-state index is 5.78. The van der Waals surface area contributed by atoms with Gasteiger partial charge in [-0.2, -0.15) is 4.98 Å². The predicted molar refractivity (Wildman–Crippen MR) is 76.0 cm³/mol. The smallest absolute Gasteiger partial charge is 0.222 e. The van der Waals surface area contributed by atoms with Crippen molar-refractivity contribution in [3.63, 3.8) is 0 Å². The van der Waals surface area contributed by atoms with Gasteiger partial charge in [-0.05, 0) is 31.0 Å². The second kappa shape index (κ2) is 4.97. The highest BCUT2D eigenvalue weighted by Crippen LogP contribution is 2.21. The normalized spacial score (nSPS) is 18.9. The molecule has 0 aliphatic carbocycles. The standard InChI is InChI=1S/C13H18N6/c1-2-8-5-10-11(16-6-8)12(19-13(14)18-10)17-9-3-4-15-7-9/h5-6,9,15H,2-4,7H2,1H3,(H3,14,17,18,19)/t9-/m1/s1. The van der Waals surface area contributed by atoms with Crippen molar-refractivity contribution in [2.75, 3.05) is 24.1 Å². The van der Waals surface area contributed by atoms with Crippen LogP contribution in [0.2, 0.25) is 0 Å². The summed E-state index contributed by atoms with van der Waals surface area (Å²) in [6, 6.07) is 2.41. The first-order valence-corrected chi connectivity index (χ1v) is 6.65. The molecule has 0 bridgehead atoms. The minimum atomic E-state index is 0.288. The van der Waals surface area contributed by atoms with Crippen LogP contribution in [0.3, 0.4) is 0 Å². The number of nitrogens with zero attached hydrogens (tertiary/aromatic N) is 3. The number of fused-ring (bicyclic) bond motifs is 1. The van der Waals surface area contributed by atoms with Crippen molar-refractivity contribution >= 4 is 22.8 Å². The molecule has 6 nitrogen and oxygen atoms in total. The van der Waals surface area contributed by atoms with E-state index in [0.717, 1.165) is 48.3 Å². The van der Waals surface area contributed by atoms with E-state index < -0.39 is 0 Å². The molecule has 3 rings (SSSR count). The zero-order chi connectivity index (χ0) is 13.2. The van der Waals surface area contributed by atoms with E-state index in [-0.39, 0.29) is 5.95 Å². The van der Waals surface area contributed by atoms with Crippen LogP contribution >= 0.6 is 0 Å². The van der Waals surface area contributed by atoms with Crippen molar-refractivity contribution in [2.24, 2.45) is 0 Å². The monoisotopic (exact) mass is 258 g/mol. The van der Waals surface area contributed by atoms with E-state index >= 15 is 0 Å². The van der Waals surface area contributed by atoms with Gasteiger partial charge in [-0.3, -0.25) is 4.98 Å². The lowest BCUT2D eigenvalue weighted by atomic mass is 10.2. The number of anilines is 2. The van der Waals surface area contributed by atoms with E-state index in [9.17, 15) is 0 Å². The molecule has 0 spiro atoms. The Hall–Kier alpha value is -1.95. The lowest BCUT2D eigenvalue weighted by molar-refractivity contribution is 0.789. The molecule has 0 amide bonds. The average molecular weight is 258 g/mol. The summed E-state index contributed by atoms with van der Waals surface area (Å²) in [5.41, 5.74) is 8.53.